The predicted molar refractivity (Wildman–Crippen MR) is 72.7 cm³/mol. The van der Waals surface area contributed by atoms with Crippen LogP contribution in [0.1, 0.15) is 51.9 Å². The standard InChI is InChI=1S/C13H29N3O/c1-2-3-4-8-13(17)16(12-7-10-15)11-6-5-9-14/h2-12,14-15H2,1H3. The van der Waals surface area contributed by atoms with Crippen LogP contribution in [-0.2, 0) is 4.79 Å². The Kier molecular flexibility index (Phi) is 11.4. The topological polar surface area (TPSA) is 72.3 Å². The molecule has 4 heteroatoms. The van der Waals surface area contributed by atoms with E-state index in [4.69, 9.17) is 11.5 Å². The van der Waals surface area contributed by atoms with E-state index < -0.39 is 0 Å². The van der Waals surface area contributed by atoms with E-state index in [0.717, 1.165) is 51.6 Å². The second-order valence-electron chi connectivity index (χ2n) is 4.48. The zero-order chi connectivity index (χ0) is 12.9. The van der Waals surface area contributed by atoms with Crippen molar-refractivity contribution in [3.05, 3.63) is 0 Å². The number of carbonyl (C=O) groups is 1. The van der Waals surface area contributed by atoms with Crippen molar-refractivity contribution >= 4 is 5.91 Å². The van der Waals surface area contributed by atoms with Crippen molar-refractivity contribution in [2.45, 2.75) is 51.9 Å². The summed E-state index contributed by atoms with van der Waals surface area (Å²) >= 11 is 0. The van der Waals surface area contributed by atoms with Crippen LogP contribution in [0.15, 0.2) is 0 Å². The Morgan fingerprint density at radius 1 is 0.941 bits per heavy atom. The zero-order valence-electron chi connectivity index (χ0n) is 11.3. The van der Waals surface area contributed by atoms with E-state index in [9.17, 15) is 4.79 Å². The number of amides is 1. The van der Waals surface area contributed by atoms with Crippen LogP contribution < -0.4 is 11.5 Å². The van der Waals surface area contributed by atoms with E-state index in [1.54, 1.807) is 0 Å². The molecule has 17 heavy (non-hydrogen) atoms. The van der Waals surface area contributed by atoms with Crippen LogP contribution in [0.2, 0.25) is 0 Å². The Morgan fingerprint density at radius 3 is 2.18 bits per heavy atom. The maximum atomic E-state index is 12.0. The molecule has 0 atom stereocenters. The molecular formula is C13H29N3O. The van der Waals surface area contributed by atoms with Crippen LogP contribution >= 0.6 is 0 Å². The molecule has 4 nitrogen and oxygen atoms in total. The van der Waals surface area contributed by atoms with Crippen molar-refractivity contribution in [2.24, 2.45) is 11.5 Å². The van der Waals surface area contributed by atoms with Gasteiger partial charge in [-0.3, -0.25) is 4.79 Å². The van der Waals surface area contributed by atoms with Gasteiger partial charge in [-0.1, -0.05) is 19.8 Å². The third kappa shape index (κ3) is 9.12. The zero-order valence-corrected chi connectivity index (χ0v) is 11.3. The molecule has 0 unspecified atom stereocenters. The first-order chi connectivity index (χ1) is 8.26. The summed E-state index contributed by atoms with van der Waals surface area (Å²) in [5.74, 6) is 0.281. The van der Waals surface area contributed by atoms with Gasteiger partial charge in [0.2, 0.25) is 5.91 Å². The van der Waals surface area contributed by atoms with Crippen LogP contribution in [0.5, 0.6) is 0 Å². The third-order valence-corrected chi connectivity index (χ3v) is 2.86. The maximum Gasteiger partial charge on any atom is 0.222 e. The highest BCUT2D eigenvalue weighted by atomic mass is 16.2. The number of rotatable bonds is 11. The van der Waals surface area contributed by atoms with Crippen molar-refractivity contribution in [3.63, 3.8) is 0 Å². The predicted octanol–water partition coefficient (Wildman–Crippen LogP) is 1.48. The number of unbranched alkanes of at least 4 members (excludes halogenated alkanes) is 3. The molecule has 0 aliphatic carbocycles. The Bertz CT molecular complexity index is 186. The van der Waals surface area contributed by atoms with Crippen molar-refractivity contribution in [2.75, 3.05) is 26.2 Å². The molecule has 0 spiro atoms. The molecule has 102 valence electrons. The molecule has 1 amide bonds. The summed E-state index contributed by atoms with van der Waals surface area (Å²) in [5, 5.41) is 0. The summed E-state index contributed by atoms with van der Waals surface area (Å²) in [4.78, 5) is 13.9. The summed E-state index contributed by atoms with van der Waals surface area (Å²) in [6.45, 7) is 5.14. The van der Waals surface area contributed by atoms with Gasteiger partial charge in [-0.15, -0.1) is 0 Å². The molecule has 0 aromatic heterocycles. The lowest BCUT2D eigenvalue weighted by molar-refractivity contribution is -0.131. The minimum atomic E-state index is 0.281. The quantitative estimate of drug-likeness (QED) is 0.540. The van der Waals surface area contributed by atoms with Gasteiger partial charge in [-0.05, 0) is 38.8 Å². The minimum Gasteiger partial charge on any atom is -0.343 e. The summed E-state index contributed by atoms with van der Waals surface area (Å²) in [7, 11) is 0. The summed E-state index contributed by atoms with van der Waals surface area (Å²) < 4.78 is 0. The molecule has 0 radical (unpaired) electrons. The van der Waals surface area contributed by atoms with Crippen LogP contribution in [0.3, 0.4) is 0 Å². The first kappa shape index (κ1) is 16.4. The first-order valence-corrected chi connectivity index (χ1v) is 6.94. The number of nitrogens with zero attached hydrogens (tertiary/aromatic N) is 1. The third-order valence-electron chi connectivity index (χ3n) is 2.86. The Hall–Kier alpha value is -0.610. The van der Waals surface area contributed by atoms with Gasteiger partial charge in [0, 0.05) is 19.5 Å². The monoisotopic (exact) mass is 243 g/mol. The SMILES string of the molecule is CCCCCC(=O)N(CCCN)CCCCN. The van der Waals surface area contributed by atoms with E-state index in [2.05, 4.69) is 6.92 Å². The second kappa shape index (κ2) is 11.9. The number of nitrogens with two attached hydrogens (primary N) is 2. The Balaban J connectivity index is 3.91. The minimum absolute atomic E-state index is 0.281. The molecule has 0 saturated carbocycles. The van der Waals surface area contributed by atoms with Crippen molar-refractivity contribution in [1.82, 2.24) is 4.90 Å². The molecule has 0 fully saturated rings. The molecule has 0 heterocycles. The van der Waals surface area contributed by atoms with Crippen molar-refractivity contribution < 1.29 is 4.79 Å². The average molecular weight is 243 g/mol. The van der Waals surface area contributed by atoms with Gasteiger partial charge >= 0.3 is 0 Å². The highest BCUT2D eigenvalue weighted by Crippen LogP contribution is 2.05. The molecule has 0 aromatic rings. The smallest absolute Gasteiger partial charge is 0.222 e. The van der Waals surface area contributed by atoms with Gasteiger partial charge in [0.25, 0.3) is 0 Å². The van der Waals surface area contributed by atoms with E-state index in [0.29, 0.717) is 19.5 Å². The van der Waals surface area contributed by atoms with Crippen molar-refractivity contribution in [1.29, 1.82) is 0 Å². The van der Waals surface area contributed by atoms with Crippen LogP contribution in [-0.4, -0.2) is 37.0 Å². The lowest BCUT2D eigenvalue weighted by Crippen LogP contribution is -2.34. The number of hydrogen-bond acceptors (Lipinski definition) is 3. The molecule has 0 bridgehead atoms. The van der Waals surface area contributed by atoms with Gasteiger partial charge in [0.05, 0.1) is 0 Å². The fourth-order valence-electron chi connectivity index (χ4n) is 1.77. The van der Waals surface area contributed by atoms with E-state index in [-0.39, 0.29) is 5.91 Å². The van der Waals surface area contributed by atoms with Crippen LogP contribution in [0.4, 0.5) is 0 Å². The molecule has 0 aromatic carbocycles. The summed E-state index contributed by atoms with van der Waals surface area (Å²) in [6.07, 6.45) is 6.86. The number of carbonyl (C=O) groups excluding carboxylic acids is 1. The molecule has 0 aliphatic rings. The first-order valence-electron chi connectivity index (χ1n) is 6.94. The van der Waals surface area contributed by atoms with Gasteiger partial charge < -0.3 is 16.4 Å². The van der Waals surface area contributed by atoms with E-state index >= 15 is 0 Å². The normalized spacial score (nSPS) is 10.5. The lowest BCUT2D eigenvalue weighted by Gasteiger charge is -2.22. The molecule has 0 saturated heterocycles. The lowest BCUT2D eigenvalue weighted by atomic mass is 10.2. The largest absolute Gasteiger partial charge is 0.343 e. The average Bonchev–Trinajstić information content (AvgIpc) is 2.33. The highest BCUT2D eigenvalue weighted by Gasteiger charge is 2.11. The van der Waals surface area contributed by atoms with Gasteiger partial charge in [0.15, 0.2) is 0 Å². The van der Waals surface area contributed by atoms with Crippen molar-refractivity contribution in [3.8, 4) is 0 Å². The molecule has 4 N–H and O–H groups in total. The summed E-state index contributed by atoms with van der Waals surface area (Å²) in [5.41, 5.74) is 11.0. The fraction of sp³-hybridized carbons (Fsp3) is 0.923. The summed E-state index contributed by atoms with van der Waals surface area (Å²) in [6, 6.07) is 0. The molecule has 0 aliphatic heterocycles. The maximum absolute atomic E-state index is 12.0. The second-order valence-corrected chi connectivity index (χ2v) is 4.48. The van der Waals surface area contributed by atoms with E-state index in [1.807, 2.05) is 4.90 Å². The number of hydrogen-bond donors (Lipinski definition) is 2. The van der Waals surface area contributed by atoms with Crippen LogP contribution in [0, 0.1) is 0 Å². The molecular weight excluding hydrogens is 214 g/mol. The van der Waals surface area contributed by atoms with E-state index in [1.165, 1.54) is 0 Å². The Labute approximate surface area is 106 Å². The Morgan fingerprint density at radius 2 is 1.59 bits per heavy atom. The van der Waals surface area contributed by atoms with Gasteiger partial charge in [0.1, 0.15) is 0 Å². The van der Waals surface area contributed by atoms with Gasteiger partial charge in [-0.2, -0.15) is 0 Å². The fourth-order valence-corrected chi connectivity index (χ4v) is 1.77. The highest BCUT2D eigenvalue weighted by molar-refractivity contribution is 5.76. The van der Waals surface area contributed by atoms with Crippen LogP contribution in [0.25, 0.3) is 0 Å². The molecule has 0 rings (SSSR count). The van der Waals surface area contributed by atoms with Gasteiger partial charge in [-0.25, -0.2) is 0 Å².